The minimum Gasteiger partial charge on any atom is -0.317 e. The lowest BCUT2D eigenvalue weighted by molar-refractivity contribution is 0.660. The van der Waals surface area contributed by atoms with Crippen molar-refractivity contribution in [3.63, 3.8) is 0 Å². The maximum Gasteiger partial charge on any atom is 0.0528 e. The van der Waals surface area contributed by atoms with Gasteiger partial charge in [-0.2, -0.15) is 0 Å². The molecule has 0 amide bonds. The number of nitrogens with zero attached hydrogens (tertiary/aromatic N) is 2. The smallest absolute Gasteiger partial charge is 0.0528 e. The fraction of sp³-hybridized carbons (Fsp3) is 0.0588. The Morgan fingerprint density at radius 1 is 0.396 bits per heavy atom. The lowest BCUT2D eigenvalue weighted by atomic mass is 9.82. The molecule has 1 heterocycles. The Morgan fingerprint density at radius 3 is 1.83 bits per heavy atom. The summed E-state index contributed by atoms with van der Waals surface area (Å²) in [6.07, 6.45) is 2.17. The topological polar surface area (TPSA) is 8.17 Å². The molecule has 53 heavy (non-hydrogen) atoms. The zero-order valence-electron chi connectivity index (χ0n) is 29.9. The molecule has 9 aromatic rings. The summed E-state index contributed by atoms with van der Waals surface area (Å²) in [4.78, 5) is 2.40. The Bertz CT molecular complexity index is 2790. The van der Waals surface area contributed by atoms with Gasteiger partial charge in [-0.25, -0.2) is 0 Å². The Balaban J connectivity index is 1.00. The van der Waals surface area contributed by atoms with Crippen molar-refractivity contribution < 1.29 is 0 Å². The first-order valence-corrected chi connectivity index (χ1v) is 18.4. The standard InChI is InChI=1S/C51H38N2/c1-51(2)48-15-9-8-14-46(48)47-28-27-45(34-49(47)51)53(44-26-20-36-12-6-7-13-39(36)33-44)43-24-18-38(19-25-43)40-21-29-50-41(32-40)30-31-52(50)42-22-16-37(17-23-42)35-10-4-3-5-11-35/h3-34H,1-2H3. The van der Waals surface area contributed by atoms with Crippen LogP contribution in [0.5, 0.6) is 0 Å². The predicted molar refractivity (Wildman–Crippen MR) is 224 cm³/mol. The molecular formula is C51H38N2. The number of hydrogen-bond acceptors (Lipinski definition) is 1. The van der Waals surface area contributed by atoms with Crippen LogP contribution in [0.1, 0.15) is 25.0 Å². The number of aromatic nitrogens is 1. The van der Waals surface area contributed by atoms with Gasteiger partial charge in [0.25, 0.3) is 0 Å². The molecular weight excluding hydrogens is 641 g/mol. The second kappa shape index (κ2) is 12.3. The SMILES string of the molecule is CC1(C)c2ccccc2-c2ccc(N(c3ccc(-c4ccc5c(ccn5-c5ccc(-c6ccccc6)cc5)c4)cc3)c3ccc4ccccc4c3)cc21. The van der Waals surface area contributed by atoms with Crippen LogP contribution in [-0.4, -0.2) is 4.57 Å². The zero-order chi connectivity index (χ0) is 35.5. The number of rotatable bonds is 6. The van der Waals surface area contributed by atoms with Crippen LogP contribution in [0.15, 0.2) is 194 Å². The van der Waals surface area contributed by atoms with E-state index in [1.54, 1.807) is 0 Å². The normalized spacial score (nSPS) is 12.9. The van der Waals surface area contributed by atoms with E-state index in [0.29, 0.717) is 0 Å². The van der Waals surface area contributed by atoms with Gasteiger partial charge in [0.2, 0.25) is 0 Å². The van der Waals surface area contributed by atoms with Gasteiger partial charge in [-0.05, 0) is 122 Å². The highest BCUT2D eigenvalue weighted by Gasteiger charge is 2.35. The van der Waals surface area contributed by atoms with Crippen molar-refractivity contribution in [2.75, 3.05) is 4.90 Å². The number of hydrogen-bond donors (Lipinski definition) is 0. The zero-order valence-corrected chi connectivity index (χ0v) is 29.9. The fourth-order valence-corrected chi connectivity index (χ4v) is 8.39. The molecule has 252 valence electrons. The molecule has 0 unspecified atom stereocenters. The first kappa shape index (κ1) is 31.1. The molecule has 0 spiro atoms. The van der Waals surface area contributed by atoms with Crippen LogP contribution >= 0.6 is 0 Å². The summed E-state index contributed by atoms with van der Waals surface area (Å²) < 4.78 is 2.27. The van der Waals surface area contributed by atoms with Gasteiger partial charge in [-0.15, -0.1) is 0 Å². The van der Waals surface area contributed by atoms with Crippen molar-refractivity contribution in [2.24, 2.45) is 0 Å². The molecule has 1 aromatic heterocycles. The van der Waals surface area contributed by atoms with E-state index in [0.717, 1.165) is 22.7 Å². The average Bonchev–Trinajstić information content (AvgIpc) is 3.74. The van der Waals surface area contributed by atoms with Gasteiger partial charge in [0.1, 0.15) is 0 Å². The van der Waals surface area contributed by atoms with Crippen LogP contribution in [0.25, 0.3) is 60.7 Å². The molecule has 0 N–H and O–H groups in total. The Labute approximate surface area is 310 Å². The van der Waals surface area contributed by atoms with Crippen LogP contribution in [0, 0.1) is 0 Å². The first-order chi connectivity index (χ1) is 26.0. The van der Waals surface area contributed by atoms with Crippen LogP contribution in [0.3, 0.4) is 0 Å². The van der Waals surface area contributed by atoms with Crippen molar-refractivity contribution in [1.29, 1.82) is 0 Å². The molecule has 0 fully saturated rings. The van der Waals surface area contributed by atoms with E-state index in [2.05, 4.69) is 218 Å². The third-order valence-electron chi connectivity index (χ3n) is 11.2. The fourth-order valence-electron chi connectivity index (χ4n) is 8.39. The highest BCUT2D eigenvalue weighted by molar-refractivity contribution is 5.92. The van der Waals surface area contributed by atoms with Crippen LogP contribution in [-0.2, 0) is 5.41 Å². The van der Waals surface area contributed by atoms with Gasteiger partial charge in [-0.3, -0.25) is 0 Å². The number of benzene rings is 8. The van der Waals surface area contributed by atoms with Gasteiger partial charge >= 0.3 is 0 Å². The van der Waals surface area contributed by atoms with Crippen molar-refractivity contribution in [3.8, 4) is 39.1 Å². The molecule has 1 aliphatic carbocycles. The van der Waals surface area contributed by atoms with Crippen molar-refractivity contribution in [2.45, 2.75) is 19.3 Å². The minimum atomic E-state index is -0.0793. The summed E-state index contributed by atoms with van der Waals surface area (Å²) in [5.41, 5.74) is 16.0. The Morgan fingerprint density at radius 2 is 1.00 bits per heavy atom. The van der Waals surface area contributed by atoms with Crippen LogP contribution in [0.2, 0.25) is 0 Å². The van der Waals surface area contributed by atoms with Crippen molar-refractivity contribution in [1.82, 2.24) is 4.57 Å². The molecule has 0 saturated heterocycles. The van der Waals surface area contributed by atoms with Crippen LogP contribution in [0.4, 0.5) is 17.1 Å². The highest BCUT2D eigenvalue weighted by Crippen LogP contribution is 2.50. The molecule has 0 bridgehead atoms. The molecule has 0 saturated carbocycles. The summed E-state index contributed by atoms with van der Waals surface area (Å²) in [5, 5.41) is 3.69. The molecule has 8 aromatic carbocycles. The van der Waals surface area contributed by atoms with E-state index in [4.69, 9.17) is 0 Å². The Hall–Kier alpha value is -6.64. The first-order valence-electron chi connectivity index (χ1n) is 18.4. The largest absolute Gasteiger partial charge is 0.317 e. The molecule has 0 atom stereocenters. The highest BCUT2D eigenvalue weighted by atomic mass is 15.1. The summed E-state index contributed by atoms with van der Waals surface area (Å²) in [6.45, 7) is 4.70. The lowest BCUT2D eigenvalue weighted by Gasteiger charge is -2.28. The summed E-state index contributed by atoms with van der Waals surface area (Å²) in [5.74, 6) is 0. The molecule has 0 aliphatic heterocycles. The molecule has 10 rings (SSSR count). The van der Waals surface area contributed by atoms with Gasteiger partial charge in [0.05, 0.1) is 5.52 Å². The van der Waals surface area contributed by atoms with Gasteiger partial charge < -0.3 is 9.47 Å². The van der Waals surface area contributed by atoms with E-state index < -0.39 is 0 Å². The third-order valence-corrected chi connectivity index (χ3v) is 11.2. The minimum absolute atomic E-state index is 0.0793. The quantitative estimate of drug-likeness (QED) is 0.170. The second-order valence-corrected chi connectivity index (χ2v) is 14.7. The van der Waals surface area contributed by atoms with Crippen molar-refractivity contribution in [3.05, 3.63) is 205 Å². The lowest BCUT2D eigenvalue weighted by Crippen LogP contribution is -2.16. The van der Waals surface area contributed by atoms with Crippen molar-refractivity contribution >= 4 is 38.7 Å². The molecule has 1 aliphatic rings. The predicted octanol–water partition coefficient (Wildman–Crippen LogP) is 13.9. The molecule has 2 heteroatoms. The van der Waals surface area contributed by atoms with E-state index in [1.807, 2.05) is 0 Å². The second-order valence-electron chi connectivity index (χ2n) is 14.7. The average molecular weight is 679 g/mol. The maximum atomic E-state index is 2.41. The summed E-state index contributed by atoms with van der Waals surface area (Å²) in [6, 6.07) is 68.7. The maximum absolute atomic E-state index is 2.41. The number of anilines is 3. The van der Waals surface area contributed by atoms with E-state index >= 15 is 0 Å². The third kappa shape index (κ3) is 5.26. The van der Waals surface area contributed by atoms with Gasteiger partial charge in [-0.1, -0.05) is 135 Å². The van der Waals surface area contributed by atoms with Gasteiger partial charge in [0.15, 0.2) is 0 Å². The molecule has 2 nitrogen and oxygen atoms in total. The molecule has 0 radical (unpaired) electrons. The van der Waals surface area contributed by atoms with E-state index in [-0.39, 0.29) is 5.41 Å². The van der Waals surface area contributed by atoms with E-state index in [1.165, 1.54) is 66.2 Å². The monoisotopic (exact) mass is 678 g/mol. The number of fused-ring (bicyclic) bond motifs is 5. The van der Waals surface area contributed by atoms with Gasteiger partial charge in [0, 0.05) is 39.7 Å². The summed E-state index contributed by atoms with van der Waals surface area (Å²) in [7, 11) is 0. The van der Waals surface area contributed by atoms with Crippen LogP contribution < -0.4 is 4.90 Å². The Kier molecular flexibility index (Phi) is 7.19. The summed E-state index contributed by atoms with van der Waals surface area (Å²) >= 11 is 0. The van der Waals surface area contributed by atoms with E-state index in [9.17, 15) is 0 Å².